The molecular formula is C14H22BrNO. The fraction of sp³-hybridized carbons (Fsp3) is 0.571. The van der Waals surface area contributed by atoms with Gasteiger partial charge in [-0.2, -0.15) is 0 Å². The third-order valence-electron chi connectivity index (χ3n) is 3.16. The van der Waals surface area contributed by atoms with Gasteiger partial charge in [-0.15, -0.1) is 0 Å². The summed E-state index contributed by atoms with van der Waals surface area (Å²) in [6.45, 7) is 5.50. The molecule has 0 fully saturated rings. The SMILES string of the molecule is CC(C)C(CO)N(C)CCc1cccc(Br)c1. The standard InChI is InChI=1S/C14H22BrNO/c1-11(2)14(10-17)16(3)8-7-12-5-4-6-13(15)9-12/h4-6,9,11,14,17H,7-8,10H2,1-3H3. The minimum Gasteiger partial charge on any atom is -0.395 e. The van der Waals surface area contributed by atoms with Gasteiger partial charge in [0.1, 0.15) is 0 Å². The van der Waals surface area contributed by atoms with E-state index in [2.05, 4.69) is 59.9 Å². The van der Waals surface area contributed by atoms with E-state index in [1.165, 1.54) is 5.56 Å². The van der Waals surface area contributed by atoms with E-state index in [9.17, 15) is 5.11 Å². The van der Waals surface area contributed by atoms with Crippen LogP contribution >= 0.6 is 15.9 Å². The van der Waals surface area contributed by atoms with Gasteiger partial charge in [0.05, 0.1) is 6.61 Å². The minimum atomic E-state index is 0.229. The van der Waals surface area contributed by atoms with Crippen LogP contribution in [0.1, 0.15) is 19.4 Å². The van der Waals surface area contributed by atoms with Crippen molar-refractivity contribution in [2.45, 2.75) is 26.3 Å². The average Bonchev–Trinajstić information content (AvgIpc) is 2.27. The molecule has 0 bridgehead atoms. The van der Waals surface area contributed by atoms with Gasteiger partial charge < -0.3 is 10.0 Å². The largest absolute Gasteiger partial charge is 0.395 e. The highest BCUT2D eigenvalue weighted by Crippen LogP contribution is 2.14. The highest BCUT2D eigenvalue weighted by Gasteiger charge is 2.16. The van der Waals surface area contributed by atoms with Gasteiger partial charge in [-0.1, -0.05) is 41.9 Å². The van der Waals surface area contributed by atoms with Crippen molar-refractivity contribution in [1.82, 2.24) is 4.90 Å². The second kappa shape index (κ2) is 7.14. The van der Waals surface area contributed by atoms with Crippen LogP contribution in [-0.4, -0.2) is 36.2 Å². The third-order valence-corrected chi connectivity index (χ3v) is 3.66. The Morgan fingerprint density at radius 2 is 2.06 bits per heavy atom. The first-order valence-electron chi connectivity index (χ1n) is 6.10. The number of halogens is 1. The maximum absolute atomic E-state index is 9.36. The molecule has 2 nitrogen and oxygen atoms in total. The molecule has 0 aliphatic heterocycles. The number of nitrogens with zero attached hydrogens (tertiary/aromatic N) is 1. The number of hydrogen-bond donors (Lipinski definition) is 1. The zero-order chi connectivity index (χ0) is 12.8. The van der Waals surface area contributed by atoms with Crippen LogP contribution in [0.15, 0.2) is 28.7 Å². The van der Waals surface area contributed by atoms with Gasteiger partial charge in [0.15, 0.2) is 0 Å². The van der Waals surface area contributed by atoms with E-state index in [0.29, 0.717) is 5.92 Å². The van der Waals surface area contributed by atoms with Crippen molar-refractivity contribution >= 4 is 15.9 Å². The highest BCUT2D eigenvalue weighted by molar-refractivity contribution is 9.10. The zero-order valence-electron chi connectivity index (χ0n) is 10.9. The summed E-state index contributed by atoms with van der Waals surface area (Å²) in [4.78, 5) is 2.24. The van der Waals surface area contributed by atoms with E-state index in [-0.39, 0.29) is 12.6 Å². The van der Waals surface area contributed by atoms with E-state index in [1.807, 2.05) is 6.07 Å². The van der Waals surface area contributed by atoms with Crippen molar-refractivity contribution in [2.24, 2.45) is 5.92 Å². The third kappa shape index (κ3) is 4.78. The lowest BCUT2D eigenvalue weighted by atomic mass is 10.0. The fourth-order valence-electron chi connectivity index (χ4n) is 2.02. The lowest BCUT2D eigenvalue weighted by Crippen LogP contribution is -2.39. The summed E-state index contributed by atoms with van der Waals surface area (Å²) in [5.74, 6) is 0.479. The van der Waals surface area contributed by atoms with Gasteiger partial charge in [0.25, 0.3) is 0 Å². The predicted molar refractivity (Wildman–Crippen MR) is 76.2 cm³/mol. The molecule has 96 valence electrons. The molecule has 3 heteroatoms. The molecule has 0 heterocycles. The molecule has 1 atom stereocenters. The van der Waals surface area contributed by atoms with Crippen molar-refractivity contribution in [2.75, 3.05) is 20.2 Å². The molecule has 17 heavy (non-hydrogen) atoms. The summed E-state index contributed by atoms with van der Waals surface area (Å²) in [6, 6.07) is 8.64. The fourth-order valence-corrected chi connectivity index (χ4v) is 2.47. The molecule has 1 unspecified atom stereocenters. The Balaban J connectivity index is 2.50. The number of benzene rings is 1. The van der Waals surface area contributed by atoms with Crippen LogP contribution in [0.3, 0.4) is 0 Å². The first-order chi connectivity index (χ1) is 8.04. The maximum Gasteiger partial charge on any atom is 0.0589 e. The van der Waals surface area contributed by atoms with E-state index in [4.69, 9.17) is 0 Å². The molecule has 1 rings (SSSR count). The van der Waals surface area contributed by atoms with E-state index >= 15 is 0 Å². The lowest BCUT2D eigenvalue weighted by molar-refractivity contribution is 0.114. The van der Waals surface area contributed by atoms with E-state index in [0.717, 1.165) is 17.4 Å². The van der Waals surface area contributed by atoms with Crippen LogP contribution in [-0.2, 0) is 6.42 Å². The zero-order valence-corrected chi connectivity index (χ0v) is 12.4. The summed E-state index contributed by atoms with van der Waals surface area (Å²) in [5, 5.41) is 9.36. The Labute approximate surface area is 113 Å². The number of rotatable bonds is 6. The van der Waals surface area contributed by atoms with Gasteiger partial charge >= 0.3 is 0 Å². The Bertz CT molecular complexity index is 341. The van der Waals surface area contributed by atoms with Crippen LogP contribution < -0.4 is 0 Å². The molecule has 0 aliphatic rings. The van der Waals surface area contributed by atoms with Crippen molar-refractivity contribution in [1.29, 1.82) is 0 Å². The molecule has 0 aromatic heterocycles. The monoisotopic (exact) mass is 299 g/mol. The second-order valence-corrected chi connectivity index (χ2v) is 5.77. The predicted octanol–water partition coefficient (Wildman–Crippen LogP) is 2.94. The normalized spacial score (nSPS) is 13.4. The number of aliphatic hydroxyl groups is 1. The molecule has 1 N–H and O–H groups in total. The average molecular weight is 300 g/mol. The first-order valence-corrected chi connectivity index (χ1v) is 6.89. The van der Waals surface area contributed by atoms with Gasteiger partial charge in [-0.05, 0) is 37.1 Å². The van der Waals surface area contributed by atoms with Crippen LogP contribution in [0.5, 0.6) is 0 Å². The van der Waals surface area contributed by atoms with E-state index < -0.39 is 0 Å². The molecule has 0 saturated carbocycles. The Morgan fingerprint density at radius 1 is 1.35 bits per heavy atom. The van der Waals surface area contributed by atoms with Crippen molar-refractivity contribution in [3.8, 4) is 0 Å². The summed E-state index contributed by atoms with van der Waals surface area (Å²) < 4.78 is 1.13. The van der Waals surface area contributed by atoms with Crippen molar-refractivity contribution in [3.63, 3.8) is 0 Å². The summed E-state index contributed by atoms with van der Waals surface area (Å²) in [5.41, 5.74) is 1.33. The van der Waals surface area contributed by atoms with Crippen molar-refractivity contribution in [3.05, 3.63) is 34.3 Å². The quantitative estimate of drug-likeness (QED) is 0.873. The molecular weight excluding hydrogens is 278 g/mol. The number of hydrogen-bond acceptors (Lipinski definition) is 2. The van der Waals surface area contributed by atoms with Crippen LogP contribution in [0, 0.1) is 5.92 Å². The van der Waals surface area contributed by atoms with Gasteiger partial charge in [-0.3, -0.25) is 0 Å². The van der Waals surface area contributed by atoms with Crippen LogP contribution in [0.4, 0.5) is 0 Å². The Kier molecular flexibility index (Phi) is 6.17. The van der Waals surface area contributed by atoms with Crippen LogP contribution in [0.2, 0.25) is 0 Å². The molecule has 0 saturated heterocycles. The van der Waals surface area contributed by atoms with Crippen molar-refractivity contribution < 1.29 is 5.11 Å². The number of likely N-dealkylation sites (N-methyl/N-ethyl adjacent to an activating group) is 1. The molecule has 0 amide bonds. The first kappa shape index (κ1) is 14.7. The maximum atomic E-state index is 9.36. The summed E-state index contributed by atoms with van der Waals surface area (Å²) in [7, 11) is 2.08. The molecule has 1 aromatic rings. The molecule has 0 aliphatic carbocycles. The van der Waals surface area contributed by atoms with E-state index in [1.54, 1.807) is 0 Å². The Hall–Kier alpha value is -0.380. The van der Waals surface area contributed by atoms with Gasteiger partial charge in [0, 0.05) is 17.1 Å². The topological polar surface area (TPSA) is 23.5 Å². The smallest absolute Gasteiger partial charge is 0.0589 e. The molecule has 0 spiro atoms. The van der Waals surface area contributed by atoms with Crippen LogP contribution in [0.25, 0.3) is 0 Å². The van der Waals surface area contributed by atoms with Gasteiger partial charge in [-0.25, -0.2) is 0 Å². The van der Waals surface area contributed by atoms with Gasteiger partial charge in [0.2, 0.25) is 0 Å². The summed E-state index contributed by atoms with van der Waals surface area (Å²) in [6.07, 6.45) is 1.01. The molecule has 0 radical (unpaired) electrons. The highest BCUT2D eigenvalue weighted by atomic mass is 79.9. The Morgan fingerprint density at radius 3 is 2.59 bits per heavy atom. The summed E-state index contributed by atoms with van der Waals surface area (Å²) >= 11 is 3.48. The number of aliphatic hydroxyl groups excluding tert-OH is 1. The second-order valence-electron chi connectivity index (χ2n) is 4.85. The minimum absolute atomic E-state index is 0.229. The molecule has 1 aromatic carbocycles. The lowest BCUT2D eigenvalue weighted by Gasteiger charge is -2.29.